The number of benzene rings is 3. The predicted molar refractivity (Wildman–Crippen MR) is 91.4 cm³/mol. The Kier molecular flexibility index (Phi) is 4.03. The first-order chi connectivity index (χ1) is 11.8. The van der Waals surface area contributed by atoms with E-state index in [-0.39, 0.29) is 18.0 Å². The fourth-order valence-electron chi connectivity index (χ4n) is 3.02. The van der Waals surface area contributed by atoms with E-state index < -0.39 is 6.29 Å². The van der Waals surface area contributed by atoms with Crippen molar-refractivity contribution in [3.63, 3.8) is 0 Å². The third kappa shape index (κ3) is 2.92. The van der Waals surface area contributed by atoms with E-state index in [9.17, 15) is 5.11 Å². The van der Waals surface area contributed by atoms with Crippen LogP contribution in [0.2, 0.25) is 0 Å². The van der Waals surface area contributed by atoms with Gasteiger partial charge in [0.15, 0.2) is 6.29 Å². The number of hydrogen-bond donors (Lipinski definition) is 1. The first kappa shape index (κ1) is 14.9. The van der Waals surface area contributed by atoms with Gasteiger partial charge >= 0.3 is 0 Å². The first-order valence-electron chi connectivity index (χ1n) is 8.01. The van der Waals surface area contributed by atoms with Gasteiger partial charge in [-0.3, -0.25) is 0 Å². The Labute approximate surface area is 141 Å². The summed E-state index contributed by atoms with van der Waals surface area (Å²) in [6.07, 6.45) is -0.805. The number of phenolic OH excluding ortho intramolecular Hbond substituents is 1. The van der Waals surface area contributed by atoms with Crippen LogP contribution in [0.25, 0.3) is 0 Å². The normalized spacial score (nSPS) is 23.2. The molecule has 24 heavy (non-hydrogen) atoms. The molecule has 120 valence electrons. The van der Waals surface area contributed by atoms with Crippen molar-refractivity contribution in [3.8, 4) is 5.75 Å². The summed E-state index contributed by atoms with van der Waals surface area (Å²) in [7, 11) is 0. The molecule has 3 nitrogen and oxygen atoms in total. The van der Waals surface area contributed by atoms with Gasteiger partial charge in [-0.15, -0.1) is 0 Å². The number of aromatic hydroxyl groups is 1. The van der Waals surface area contributed by atoms with Gasteiger partial charge in [-0.1, -0.05) is 72.8 Å². The van der Waals surface area contributed by atoms with Gasteiger partial charge in [0, 0.05) is 5.56 Å². The van der Waals surface area contributed by atoms with Crippen molar-refractivity contribution in [3.05, 3.63) is 102 Å². The van der Waals surface area contributed by atoms with Gasteiger partial charge in [-0.05, 0) is 23.3 Å². The van der Waals surface area contributed by atoms with E-state index in [0.29, 0.717) is 0 Å². The zero-order valence-corrected chi connectivity index (χ0v) is 13.1. The molecule has 1 unspecified atom stereocenters. The summed E-state index contributed by atoms with van der Waals surface area (Å²) in [5.41, 5.74) is 3.08. The molecule has 1 heterocycles. The van der Waals surface area contributed by atoms with Crippen LogP contribution in [0.15, 0.2) is 84.9 Å². The van der Waals surface area contributed by atoms with Crippen LogP contribution in [0.1, 0.15) is 35.2 Å². The fraction of sp³-hybridized carbons (Fsp3) is 0.143. The summed E-state index contributed by atoms with van der Waals surface area (Å²) < 4.78 is 12.5. The Balaban J connectivity index is 1.68. The molecule has 3 atom stereocenters. The quantitative estimate of drug-likeness (QED) is 0.745. The third-order valence-corrected chi connectivity index (χ3v) is 4.24. The van der Waals surface area contributed by atoms with Gasteiger partial charge in [-0.2, -0.15) is 0 Å². The lowest BCUT2D eigenvalue weighted by Crippen LogP contribution is -2.06. The second-order valence-corrected chi connectivity index (χ2v) is 5.86. The molecule has 1 fully saturated rings. The van der Waals surface area contributed by atoms with Crippen LogP contribution in [-0.2, 0) is 9.47 Å². The predicted octanol–water partition coefficient (Wildman–Crippen LogP) is 4.92. The highest BCUT2D eigenvalue weighted by Gasteiger charge is 2.38. The zero-order valence-electron chi connectivity index (χ0n) is 13.1. The molecule has 3 aromatic carbocycles. The Morgan fingerprint density at radius 2 is 1.00 bits per heavy atom. The molecule has 1 aliphatic rings. The summed E-state index contributed by atoms with van der Waals surface area (Å²) in [5, 5.41) is 9.48. The van der Waals surface area contributed by atoms with Crippen LogP contribution in [0.4, 0.5) is 0 Å². The van der Waals surface area contributed by atoms with E-state index in [4.69, 9.17) is 9.47 Å². The zero-order chi connectivity index (χ0) is 16.4. The molecular weight excluding hydrogens is 300 g/mol. The van der Waals surface area contributed by atoms with Crippen molar-refractivity contribution in [1.29, 1.82) is 0 Å². The smallest absolute Gasteiger partial charge is 0.185 e. The monoisotopic (exact) mass is 318 g/mol. The lowest BCUT2D eigenvalue weighted by Gasteiger charge is -2.17. The number of rotatable bonds is 3. The number of hydrogen-bond acceptors (Lipinski definition) is 3. The lowest BCUT2D eigenvalue weighted by molar-refractivity contribution is -0.0698. The van der Waals surface area contributed by atoms with Crippen molar-refractivity contribution in [1.82, 2.24) is 0 Å². The first-order valence-corrected chi connectivity index (χ1v) is 8.01. The maximum absolute atomic E-state index is 9.48. The second-order valence-electron chi connectivity index (χ2n) is 5.86. The van der Waals surface area contributed by atoms with Gasteiger partial charge < -0.3 is 14.6 Å². The standard InChI is InChI=1S/C21H18O3/c22-18-13-11-17(12-14-18)21-23-19(15-7-3-1-4-8-15)20(24-21)16-9-5-2-6-10-16/h1-14,19-22H/t19-,20+,21?. The van der Waals surface area contributed by atoms with Crippen LogP contribution in [0.3, 0.4) is 0 Å². The molecule has 0 amide bonds. The Bertz CT molecular complexity index is 737. The summed E-state index contributed by atoms with van der Waals surface area (Å²) in [6, 6.07) is 27.2. The highest BCUT2D eigenvalue weighted by atomic mass is 16.7. The SMILES string of the molecule is Oc1ccc(C2O[C@H](c3ccccc3)[C@H](c3ccccc3)O2)cc1. The van der Waals surface area contributed by atoms with Crippen molar-refractivity contribution >= 4 is 0 Å². The minimum atomic E-state index is -0.457. The van der Waals surface area contributed by atoms with Crippen LogP contribution >= 0.6 is 0 Å². The Morgan fingerprint density at radius 1 is 0.542 bits per heavy atom. The average molecular weight is 318 g/mol. The molecule has 3 heteroatoms. The van der Waals surface area contributed by atoms with Crippen molar-refractivity contribution in [2.45, 2.75) is 18.5 Å². The highest BCUT2D eigenvalue weighted by molar-refractivity contribution is 5.30. The van der Waals surface area contributed by atoms with E-state index in [1.165, 1.54) is 0 Å². The highest BCUT2D eigenvalue weighted by Crippen LogP contribution is 2.47. The van der Waals surface area contributed by atoms with E-state index in [1.807, 2.05) is 48.5 Å². The Morgan fingerprint density at radius 3 is 1.46 bits per heavy atom. The molecule has 1 saturated heterocycles. The molecule has 0 radical (unpaired) electrons. The van der Waals surface area contributed by atoms with E-state index in [1.54, 1.807) is 12.1 Å². The molecule has 3 aromatic rings. The largest absolute Gasteiger partial charge is 0.508 e. The summed E-state index contributed by atoms with van der Waals surface area (Å²) in [4.78, 5) is 0. The molecule has 0 aromatic heterocycles. The lowest BCUT2D eigenvalue weighted by atomic mass is 9.99. The van der Waals surface area contributed by atoms with Crippen molar-refractivity contribution < 1.29 is 14.6 Å². The van der Waals surface area contributed by atoms with Gasteiger partial charge in [0.05, 0.1) is 0 Å². The van der Waals surface area contributed by atoms with Crippen molar-refractivity contribution in [2.24, 2.45) is 0 Å². The average Bonchev–Trinajstić information content (AvgIpc) is 3.09. The van der Waals surface area contributed by atoms with E-state index >= 15 is 0 Å². The topological polar surface area (TPSA) is 38.7 Å². The van der Waals surface area contributed by atoms with Gasteiger partial charge in [0.1, 0.15) is 18.0 Å². The molecule has 0 spiro atoms. The van der Waals surface area contributed by atoms with Crippen LogP contribution in [-0.4, -0.2) is 5.11 Å². The molecule has 0 aliphatic carbocycles. The minimum Gasteiger partial charge on any atom is -0.508 e. The molecule has 4 rings (SSSR count). The molecule has 0 bridgehead atoms. The van der Waals surface area contributed by atoms with Crippen molar-refractivity contribution in [2.75, 3.05) is 0 Å². The Hall–Kier alpha value is -2.62. The summed E-state index contributed by atoms with van der Waals surface area (Å²) in [5.74, 6) is 0.232. The number of ether oxygens (including phenoxy) is 2. The van der Waals surface area contributed by atoms with Gasteiger partial charge in [0.25, 0.3) is 0 Å². The number of phenols is 1. The molecule has 1 N–H and O–H groups in total. The van der Waals surface area contributed by atoms with Gasteiger partial charge in [0.2, 0.25) is 0 Å². The van der Waals surface area contributed by atoms with Crippen LogP contribution in [0.5, 0.6) is 5.75 Å². The third-order valence-electron chi connectivity index (χ3n) is 4.24. The summed E-state index contributed by atoms with van der Waals surface area (Å²) in [6.45, 7) is 0. The maximum Gasteiger partial charge on any atom is 0.185 e. The summed E-state index contributed by atoms with van der Waals surface area (Å²) >= 11 is 0. The molecule has 1 aliphatic heterocycles. The molecular formula is C21H18O3. The van der Waals surface area contributed by atoms with Gasteiger partial charge in [-0.25, -0.2) is 0 Å². The molecule has 0 saturated carbocycles. The maximum atomic E-state index is 9.48. The minimum absolute atomic E-state index is 0.174. The second kappa shape index (κ2) is 6.48. The van der Waals surface area contributed by atoms with E-state index in [2.05, 4.69) is 24.3 Å². The van der Waals surface area contributed by atoms with Crippen LogP contribution in [0, 0.1) is 0 Å². The van der Waals surface area contributed by atoms with Crippen LogP contribution < -0.4 is 0 Å². The van der Waals surface area contributed by atoms with E-state index in [0.717, 1.165) is 16.7 Å². The fourth-order valence-corrected chi connectivity index (χ4v) is 3.02.